The van der Waals surface area contributed by atoms with E-state index in [0.717, 1.165) is 0 Å². The molecule has 1 aromatic heterocycles. The molecule has 2 rings (SSSR count). The number of rotatable bonds is 5. The third-order valence-corrected chi connectivity index (χ3v) is 2.66. The SMILES string of the molecule is O=Cc1cccn1CC(=O)Nc1ccc([N+](=O)[O-])cc1. The van der Waals surface area contributed by atoms with Crippen molar-refractivity contribution in [2.45, 2.75) is 6.54 Å². The molecule has 0 saturated heterocycles. The Morgan fingerprint density at radius 2 is 2.00 bits per heavy atom. The number of carbonyl (C=O) groups excluding carboxylic acids is 2. The van der Waals surface area contributed by atoms with Gasteiger partial charge in [-0.25, -0.2) is 0 Å². The van der Waals surface area contributed by atoms with Crippen molar-refractivity contribution in [1.29, 1.82) is 0 Å². The van der Waals surface area contributed by atoms with Gasteiger partial charge in [-0.3, -0.25) is 19.7 Å². The average Bonchev–Trinajstić information content (AvgIpc) is 2.86. The summed E-state index contributed by atoms with van der Waals surface area (Å²) in [6.07, 6.45) is 2.29. The summed E-state index contributed by atoms with van der Waals surface area (Å²) in [5.74, 6) is -0.321. The van der Waals surface area contributed by atoms with Crippen molar-refractivity contribution in [1.82, 2.24) is 4.57 Å². The number of nitro benzene ring substituents is 1. The standard InChI is InChI=1S/C13H11N3O4/c17-9-12-2-1-7-15(12)8-13(18)14-10-3-5-11(6-4-10)16(19)20/h1-7,9H,8H2,(H,14,18). The number of anilines is 1. The second kappa shape index (κ2) is 5.79. The highest BCUT2D eigenvalue weighted by molar-refractivity contribution is 5.91. The van der Waals surface area contributed by atoms with E-state index in [1.54, 1.807) is 18.3 Å². The lowest BCUT2D eigenvalue weighted by atomic mass is 10.3. The van der Waals surface area contributed by atoms with E-state index in [4.69, 9.17) is 0 Å². The summed E-state index contributed by atoms with van der Waals surface area (Å²) >= 11 is 0. The maximum atomic E-state index is 11.8. The van der Waals surface area contributed by atoms with Gasteiger partial charge in [0.15, 0.2) is 6.29 Å². The highest BCUT2D eigenvalue weighted by atomic mass is 16.6. The number of nitrogens with one attached hydrogen (secondary N) is 1. The Hall–Kier alpha value is -2.96. The number of aromatic nitrogens is 1. The molecule has 0 bridgehead atoms. The monoisotopic (exact) mass is 273 g/mol. The minimum absolute atomic E-state index is 0.00192. The summed E-state index contributed by atoms with van der Waals surface area (Å²) in [7, 11) is 0. The first-order chi connectivity index (χ1) is 9.60. The summed E-state index contributed by atoms with van der Waals surface area (Å²) in [6.45, 7) is -0.00192. The van der Waals surface area contributed by atoms with Crippen LogP contribution in [-0.2, 0) is 11.3 Å². The van der Waals surface area contributed by atoms with Crippen molar-refractivity contribution in [3.8, 4) is 0 Å². The zero-order valence-corrected chi connectivity index (χ0v) is 10.4. The molecule has 7 nitrogen and oxygen atoms in total. The Kier molecular flexibility index (Phi) is 3.90. The van der Waals surface area contributed by atoms with E-state index in [0.29, 0.717) is 17.7 Å². The summed E-state index contributed by atoms with van der Waals surface area (Å²) in [6, 6.07) is 8.79. The lowest BCUT2D eigenvalue weighted by molar-refractivity contribution is -0.384. The van der Waals surface area contributed by atoms with E-state index in [2.05, 4.69) is 5.32 Å². The quantitative estimate of drug-likeness (QED) is 0.511. The molecule has 0 atom stereocenters. The Bertz CT molecular complexity index is 646. The summed E-state index contributed by atoms with van der Waals surface area (Å²) in [5.41, 5.74) is 0.820. The van der Waals surface area contributed by atoms with E-state index >= 15 is 0 Å². The molecule has 0 aliphatic rings. The van der Waals surface area contributed by atoms with E-state index in [-0.39, 0.29) is 18.1 Å². The summed E-state index contributed by atoms with van der Waals surface area (Å²) in [4.78, 5) is 32.5. The van der Waals surface area contributed by atoms with Crippen LogP contribution in [0.4, 0.5) is 11.4 Å². The van der Waals surface area contributed by atoms with E-state index in [1.807, 2.05) is 0 Å². The third-order valence-electron chi connectivity index (χ3n) is 2.66. The van der Waals surface area contributed by atoms with Gasteiger partial charge >= 0.3 is 0 Å². The van der Waals surface area contributed by atoms with Crippen molar-refractivity contribution in [2.24, 2.45) is 0 Å². The van der Waals surface area contributed by atoms with Crippen LogP contribution in [-0.4, -0.2) is 21.7 Å². The Morgan fingerprint density at radius 1 is 1.30 bits per heavy atom. The second-order valence-electron chi connectivity index (χ2n) is 4.03. The maximum absolute atomic E-state index is 11.8. The van der Waals surface area contributed by atoms with Crippen molar-refractivity contribution >= 4 is 23.6 Å². The normalized spacial score (nSPS) is 10.0. The Morgan fingerprint density at radius 3 is 2.60 bits per heavy atom. The summed E-state index contributed by atoms with van der Waals surface area (Å²) < 4.78 is 1.51. The van der Waals surface area contributed by atoms with Crippen LogP contribution in [0.25, 0.3) is 0 Å². The number of carbonyl (C=O) groups is 2. The van der Waals surface area contributed by atoms with Crippen molar-refractivity contribution in [3.63, 3.8) is 0 Å². The molecule has 2 aromatic rings. The molecule has 7 heteroatoms. The van der Waals surface area contributed by atoms with E-state index < -0.39 is 4.92 Å². The van der Waals surface area contributed by atoms with Gasteiger partial charge in [-0.15, -0.1) is 0 Å². The van der Waals surface area contributed by atoms with Crippen LogP contribution in [0.5, 0.6) is 0 Å². The van der Waals surface area contributed by atoms with Gasteiger partial charge in [-0.05, 0) is 24.3 Å². The maximum Gasteiger partial charge on any atom is 0.269 e. The van der Waals surface area contributed by atoms with Crippen LogP contribution in [0, 0.1) is 10.1 Å². The lowest BCUT2D eigenvalue weighted by Crippen LogP contribution is -2.19. The number of non-ortho nitro benzene ring substituents is 1. The molecule has 1 amide bonds. The summed E-state index contributed by atoms with van der Waals surface area (Å²) in [5, 5.41) is 13.1. The van der Waals surface area contributed by atoms with Gasteiger partial charge in [0.2, 0.25) is 5.91 Å². The molecular weight excluding hydrogens is 262 g/mol. The van der Waals surface area contributed by atoms with Gasteiger partial charge < -0.3 is 9.88 Å². The fraction of sp³-hybridized carbons (Fsp3) is 0.0769. The molecular formula is C13H11N3O4. The average molecular weight is 273 g/mol. The zero-order chi connectivity index (χ0) is 14.5. The molecule has 0 radical (unpaired) electrons. The highest BCUT2D eigenvalue weighted by Gasteiger charge is 2.08. The number of aldehydes is 1. The largest absolute Gasteiger partial charge is 0.336 e. The van der Waals surface area contributed by atoms with Crippen LogP contribution in [0.3, 0.4) is 0 Å². The van der Waals surface area contributed by atoms with Crippen molar-refractivity contribution in [3.05, 3.63) is 58.4 Å². The minimum Gasteiger partial charge on any atom is -0.336 e. The van der Waals surface area contributed by atoms with Gasteiger partial charge in [0, 0.05) is 24.0 Å². The third kappa shape index (κ3) is 3.08. The second-order valence-corrected chi connectivity index (χ2v) is 4.03. The molecule has 1 heterocycles. The zero-order valence-electron chi connectivity index (χ0n) is 10.4. The van der Waals surface area contributed by atoms with Gasteiger partial charge in [0.25, 0.3) is 5.69 Å². The van der Waals surface area contributed by atoms with E-state index in [9.17, 15) is 19.7 Å². The number of benzene rings is 1. The molecule has 20 heavy (non-hydrogen) atoms. The molecule has 0 spiro atoms. The Labute approximate surface area is 114 Å². The minimum atomic E-state index is -0.512. The molecule has 0 fully saturated rings. The van der Waals surface area contributed by atoms with Crippen LogP contribution in [0.1, 0.15) is 10.5 Å². The van der Waals surface area contributed by atoms with Crippen LogP contribution in [0.2, 0.25) is 0 Å². The number of amides is 1. The molecule has 1 aromatic carbocycles. The predicted octanol–water partition coefficient (Wildman–Crippen LogP) is 1.85. The molecule has 102 valence electrons. The van der Waals surface area contributed by atoms with Crippen LogP contribution < -0.4 is 5.32 Å². The molecule has 0 saturated carbocycles. The van der Waals surface area contributed by atoms with Crippen molar-refractivity contribution in [2.75, 3.05) is 5.32 Å². The van der Waals surface area contributed by atoms with Gasteiger partial charge in [0.05, 0.1) is 10.6 Å². The van der Waals surface area contributed by atoms with Crippen LogP contribution in [0.15, 0.2) is 42.6 Å². The molecule has 0 aliphatic heterocycles. The molecule has 0 aliphatic carbocycles. The first-order valence-corrected chi connectivity index (χ1v) is 5.75. The van der Waals surface area contributed by atoms with E-state index in [1.165, 1.54) is 28.8 Å². The van der Waals surface area contributed by atoms with Gasteiger partial charge in [-0.1, -0.05) is 0 Å². The number of nitrogens with zero attached hydrogens (tertiary/aromatic N) is 2. The Balaban J connectivity index is 2.01. The fourth-order valence-electron chi connectivity index (χ4n) is 1.70. The lowest BCUT2D eigenvalue weighted by Gasteiger charge is -2.07. The predicted molar refractivity (Wildman–Crippen MR) is 71.5 cm³/mol. The van der Waals surface area contributed by atoms with Gasteiger partial charge in [-0.2, -0.15) is 0 Å². The molecule has 1 N–H and O–H groups in total. The topological polar surface area (TPSA) is 94.2 Å². The number of nitro groups is 1. The number of hydrogen-bond acceptors (Lipinski definition) is 4. The first kappa shape index (κ1) is 13.5. The van der Waals surface area contributed by atoms with Crippen molar-refractivity contribution < 1.29 is 14.5 Å². The highest BCUT2D eigenvalue weighted by Crippen LogP contribution is 2.15. The first-order valence-electron chi connectivity index (χ1n) is 5.75. The van der Waals surface area contributed by atoms with Gasteiger partial charge in [0.1, 0.15) is 6.54 Å². The van der Waals surface area contributed by atoms with Crippen LogP contribution >= 0.6 is 0 Å². The smallest absolute Gasteiger partial charge is 0.269 e. The number of hydrogen-bond donors (Lipinski definition) is 1. The molecule has 0 unspecified atom stereocenters. The fourth-order valence-corrected chi connectivity index (χ4v) is 1.70.